The van der Waals surface area contributed by atoms with Crippen LogP contribution in [0.5, 0.6) is 0 Å². The summed E-state index contributed by atoms with van der Waals surface area (Å²) in [6.07, 6.45) is 13.7. The van der Waals surface area contributed by atoms with Gasteiger partial charge in [0.2, 0.25) is 0 Å². The van der Waals surface area contributed by atoms with Crippen molar-refractivity contribution >= 4 is 0 Å². The van der Waals surface area contributed by atoms with Gasteiger partial charge in [-0.25, -0.2) is 0 Å². The van der Waals surface area contributed by atoms with Crippen LogP contribution in [0.4, 0.5) is 0 Å². The zero-order valence-electron chi connectivity index (χ0n) is 14.3. The van der Waals surface area contributed by atoms with E-state index in [1.807, 2.05) is 0 Å². The molecule has 2 unspecified atom stereocenters. The first-order valence-electron chi connectivity index (χ1n) is 9.91. The second kappa shape index (κ2) is 5.42. The van der Waals surface area contributed by atoms with Crippen molar-refractivity contribution in [3.8, 4) is 0 Å². The summed E-state index contributed by atoms with van der Waals surface area (Å²) in [5.41, 5.74) is -0.0898. The topological polar surface area (TPSA) is 36.9 Å². The number of rotatable bonds is 2. The number of fused-ring (bicyclic) bond motifs is 3. The highest BCUT2D eigenvalue weighted by Crippen LogP contribution is 2.55. The molecule has 5 fully saturated rings. The minimum Gasteiger partial charge on any atom is -0.369 e. The Balaban J connectivity index is 1.36. The predicted octanol–water partition coefficient (Wildman–Crippen LogP) is 3.71. The molecule has 0 aromatic carbocycles. The van der Waals surface area contributed by atoms with E-state index < -0.39 is 0 Å². The first-order valence-corrected chi connectivity index (χ1v) is 9.91. The lowest BCUT2D eigenvalue weighted by Gasteiger charge is -2.44. The van der Waals surface area contributed by atoms with Gasteiger partial charge in [0.15, 0.2) is 5.79 Å². The largest absolute Gasteiger partial charge is 0.369 e. The van der Waals surface area contributed by atoms with Gasteiger partial charge < -0.3 is 18.9 Å². The fourth-order valence-corrected chi connectivity index (χ4v) is 5.85. The molecule has 0 aromatic rings. The molecule has 2 spiro atoms. The molecule has 130 valence electrons. The summed E-state index contributed by atoms with van der Waals surface area (Å²) in [5.74, 6) is -0.301. The van der Waals surface area contributed by atoms with Gasteiger partial charge in [-0.2, -0.15) is 0 Å². The fraction of sp³-hybridized carbons (Fsp3) is 1.00. The van der Waals surface area contributed by atoms with Gasteiger partial charge in [-0.1, -0.05) is 19.8 Å². The summed E-state index contributed by atoms with van der Waals surface area (Å²) in [4.78, 5) is 0. The SMILES string of the molecule is CCC[C@H]1CC[C@@H]2O[C@@H]3CC2(C[C@H]2OC4(CCCCC4)OC32)O1. The highest BCUT2D eigenvalue weighted by atomic mass is 16.8. The zero-order valence-corrected chi connectivity index (χ0v) is 14.3. The molecule has 0 amide bonds. The van der Waals surface area contributed by atoms with Gasteiger partial charge in [0, 0.05) is 25.7 Å². The van der Waals surface area contributed by atoms with E-state index in [9.17, 15) is 0 Å². The first-order chi connectivity index (χ1) is 11.2. The number of ether oxygens (including phenoxy) is 4. The van der Waals surface area contributed by atoms with Crippen LogP contribution in [0.3, 0.4) is 0 Å². The molecule has 4 nitrogen and oxygen atoms in total. The van der Waals surface area contributed by atoms with Gasteiger partial charge in [0.25, 0.3) is 0 Å². The van der Waals surface area contributed by atoms with Gasteiger partial charge in [-0.3, -0.25) is 0 Å². The summed E-state index contributed by atoms with van der Waals surface area (Å²) in [6, 6.07) is 0. The lowest BCUT2D eigenvalue weighted by atomic mass is 9.76. The molecular weight excluding hydrogens is 292 g/mol. The molecule has 2 bridgehead atoms. The number of hydrogen-bond acceptors (Lipinski definition) is 4. The Bertz CT molecular complexity index is 460. The molecular formula is C19H30O4. The van der Waals surface area contributed by atoms with Crippen molar-refractivity contribution in [3.63, 3.8) is 0 Å². The summed E-state index contributed by atoms with van der Waals surface area (Å²) < 4.78 is 26.1. The zero-order chi connectivity index (χ0) is 15.5. The molecule has 5 aliphatic rings. The van der Waals surface area contributed by atoms with E-state index in [1.54, 1.807) is 0 Å². The van der Waals surface area contributed by atoms with E-state index in [1.165, 1.54) is 32.1 Å². The van der Waals surface area contributed by atoms with Crippen molar-refractivity contribution in [2.24, 2.45) is 0 Å². The highest BCUT2D eigenvalue weighted by molar-refractivity contribution is 5.12. The van der Waals surface area contributed by atoms with Gasteiger partial charge >= 0.3 is 0 Å². The Labute approximate surface area is 139 Å². The van der Waals surface area contributed by atoms with Gasteiger partial charge in [-0.05, 0) is 32.1 Å². The Morgan fingerprint density at radius 2 is 1.74 bits per heavy atom. The van der Waals surface area contributed by atoms with Crippen LogP contribution in [-0.4, -0.2) is 41.9 Å². The maximum Gasteiger partial charge on any atom is 0.169 e. The molecule has 0 N–H and O–H groups in total. The highest BCUT2D eigenvalue weighted by Gasteiger charge is 2.65. The van der Waals surface area contributed by atoms with E-state index in [-0.39, 0.29) is 35.8 Å². The van der Waals surface area contributed by atoms with Gasteiger partial charge in [-0.15, -0.1) is 0 Å². The van der Waals surface area contributed by atoms with E-state index >= 15 is 0 Å². The van der Waals surface area contributed by atoms with E-state index in [2.05, 4.69) is 6.92 Å². The molecule has 2 aliphatic carbocycles. The minimum atomic E-state index is -0.301. The quantitative estimate of drug-likeness (QED) is 0.776. The summed E-state index contributed by atoms with van der Waals surface area (Å²) in [6.45, 7) is 2.25. The molecule has 5 rings (SSSR count). The monoisotopic (exact) mass is 322 g/mol. The Morgan fingerprint density at radius 1 is 0.913 bits per heavy atom. The third kappa shape index (κ3) is 2.32. The molecule has 3 saturated heterocycles. The molecule has 3 aliphatic heterocycles. The van der Waals surface area contributed by atoms with E-state index in [0.29, 0.717) is 6.10 Å². The normalized spacial score (nSPS) is 50.7. The maximum atomic E-state index is 6.63. The van der Waals surface area contributed by atoms with Crippen molar-refractivity contribution in [3.05, 3.63) is 0 Å². The van der Waals surface area contributed by atoms with Crippen molar-refractivity contribution in [1.82, 2.24) is 0 Å². The number of hydrogen-bond donors (Lipinski definition) is 0. The van der Waals surface area contributed by atoms with Crippen LogP contribution in [0.2, 0.25) is 0 Å². The Hall–Kier alpha value is -0.160. The summed E-state index contributed by atoms with van der Waals surface area (Å²) in [5, 5.41) is 0. The smallest absolute Gasteiger partial charge is 0.169 e. The van der Waals surface area contributed by atoms with Crippen LogP contribution in [0.15, 0.2) is 0 Å². The third-order valence-corrected chi connectivity index (χ3v) is 6.85. The standard InChI is InChI=1S/C19H30O4/c1-2-6-13-7-8-16-18(21-13)11-14(20-16)17-15(12-18)22-19(23-17)9-4-3-5-10-19/h13-17H,2-12H2,1H3/t13-,14+,15+,16-,17?,18?/m0/s1. The summed E-state index contributed by atoms with van der Waals surface area (Å²) in [7, 11) is 0. The molecule has 3 heterocycles. The van der Waals surface area contributed by atoms with Crippen LogP contribution in [0, 0.1) is 0 Å². The van der Waals surface area contributed by atoms with Crippen molar-refractivity contribution in [1.29, 1.82) is 0 Å². The van der Waals surface area contributed by atoms with Gasteiger partial charge in [0.1, 0.15) is 6.10 Å². The van der Waals surface area contributed by atoms with E-state index in [0.717, 1.165) is 38.5 Å². The molecule has 2 saturated carbocycles. The molecule has 0 radical (unpaired) electrons. The van der Waals surface area contributed by atoms with Crippen LogP contribution < -0.4 is 0 Å². The average Bonchev–Trinajstić information content (AvgIpc) is 3.04. The first kappa shape index (κ1) is 15.1. The lowest BCUT2D eigenvalue weighted by molar-refractivity contribution is -0.215. The average molecular weight is 322 g/mol. The third-order valence-electron chi connectivity index (χ3n) is 6.85. The molecule has 0 aromatic heterocycles. The molecule has 4 heteroatoms. The van der Waals surface area contributed by atoms with Crippen molar-refractivity contribution < 1.29 is 18.9 Å². The van der Waals surface area contributed by atoms with Crippen molar-refractivity contribution in [2.45, 2.75) is 119 Å². The maximum absolute atomic E-state index is 6.63. The van der Waals surface area contributed by atoms with Gasteiger partial charge in [0.05, 0.1) is 30.0 Å². The van der Waals surface area contributed by atoms with Crippen LogP contribution >= 0.6 is 0 Å². The predicted molar refractivity (Wildman–Crippen MR) is 85.2 cm³/mol. The second-order valence-corrected chi connectivity index (χ2v) is 8.45. The fourth-order valence-electron chi connectivity index (χ4n) is 5.85. The summed E-state index contributed by atoms with van der Waals surface area (Å²) >= 11 is 0. The van der Waals surface area contributed by atoms with Crippen LogP contribution in [-0.2, 0) is 18.9 Å². The van der Waals surface area contributed by atoms with Crippen LogP contribution in [0.1, 0.15) is 77.6 Å². The molecule has 23 heavy (non-hydrogen) atoms. The van der Waals surface area contributed by atoms with E-state index in [4.69, 9.17) is 18.9 Å². The Kier molecular flexibility index (Phi) is 3.56. The second-order valence-electron chi connectivity index (χ2n) is 8.45. The lowest BCUT2D eigenvalue weighted by Crippen LogP contribution is -2.53. The molecule has 6 atom stereocenters. The Morgan fingerprint density at radius 3 is 2.57 bits per heavy atom. The minimum absolute atomic E-state index is 0.0898. The van der Waals surface area contributed by atoms with Crippen molar-refractivity contribution in [2.75, 3.05) is 0 Å². The van der Waals surface area contributed by atoms with Crippen LogP contribution in [0.25, 0.3) is 0 Å².